The van der Waals surface area contributed by atoms with E-state index in [0.717, 1.165) is 11.3 Å². The molecule has 2 aromatic carbocycles. The Morgan fingerprint density at radius 2 is 1.65 bits per heavy atom. The van der Waals surface area contributed by atoms with Crippen LogP contribution in [0.1, 0.15) is 44.8 Å². The van der Waals surface area contributed by atoms with Gasteiger partial charge in [0.2, 0.25) is 5.91 Å². The van der Waals surface area contributed by atoms with E-state index in [9.17, 15) is 14.4 Å². The number of nitrogens with zero attached hydrogens (tertiary/aromatic N) is 2. The van der Waals surface area contributed by atoms with Crippen molar-refractivity contribution in [1.82, 2.24) is 9.88 Å². The third kappa shape index (κ3) is 4.75. The zero-order valence-corrected chi connectivity index (χ0v) is 16.8. The highest BCUT2D eigenvalue weighted by Crippen LogP contribution is 2.22. The van der Waals surface area contributed by atoms with E-state index in [2.05, 4.69) is 10.3 Å². The van der Waals surface area contributed by atoms with Gasteiger partial charge in [-0.3, -0.25) is 24.3 Å². The number of rotatable bonds is 7. The zero-order chi connectivity index (χ0) is 21.6. The van der Waals surface area contributed by atoms with E-state index in [1.54, 1.807) is 30.5 Å². The maximum Gasteiger partial charge on any atom is 0.261 e. The van der Waals surface area contributed by atoms with Gasteiger partial charge in [0.15, 0.2) is 0 Å². The molecule has 0 saturated carbocycles. The first-order valence-corrected chi connectivity index (χ1v) is 10.1. The molecule has 1 N–H and O–H groups in total. The summed E-state index contributed by atoms with van der Waals surface area (Å²) in [5.74, 6) is -0.760. The van der Waals surface area contributed by atoms with Crippen molar-refractivity contribution in [1.29, 1.82) is 0 Å². The van der Waals surface area contributed by atoms with Gasteiger partial charge in [0, 0.05) is 24.8 Å². The molecular weight excluding hydrogens is 390 g/mol. The minimum absolute atomic E-state index is 0.164. The lowest BCUT2D eigenvalue weighted by Gasteiger charge is -2.13. The second-order valence-corrected chi connectivity index (χ2v) is 7.17. The summed E-state index contributed by atoms with van der Waals surface area (Å²) in [6.45, 7) is 0.215. The Morgan fingerprint density at radius 1 is 0.903 bits per heavy atom. The van der Waals surface area contributed by atoms with Crippen molar-refractivity contribution in [3.8, 4) is 0 Å². The van der Waals surface area contributed by atoms with Crippen molar-refractivity contribution >= 4 is 35.6 Å². The Morgan fingerprint density at radius 3 is 2.35 bits per heavy atom. The fourth-order valence-electron chi connectivity index (χ4n) is 3.44. The molecule has 4 rings (SSSR count). The number of benzene rings is 2. The Balaban J connectivity index is 1.29. The van der Waals surface area contributed by atoms with Crippen LogP contribution in [0.4, 0.5) is 5.69 Å². The molecule has 154 valence electrons. The van der Waals surface area contributed by atoms with E-state index in [-0.39, 0.29) is 30.7 Å². The predicted octanol–water partition coefficient (Wildman–Crippen LogP) is 4.27. The SMILES string of the molecule is O=C(CCCN1C(=O)c2ccccc2C1=O)Nc1cccc(C=Cc2ccccn2)c1. The normalized spacial score (nSPS) is 13.0. The highest BCUT2D eigenvalue weighted by Gasteiger charge is 2.34. The molecule has 0 saturated heterocycles. The molecule has 6 nitrogen and oxygen atoms in total. The second kappa shape index (κ2) is 9.17. The van der Waals surface area contributed by atoms with Crippen molar-refractivity contribution in [3.63, 3.8) is 0 Å². The Bertz CT molecular complexity index is 1120. The van der Waals surface area contributed by atoms with Crippen molar-refractivity contribution in [2.75, 3.05) is 11.9 Å². The number of hydrogen-bond donors (Lipinski definition) is 1. The topological polar surface area (TPSA) is 79.4 Å². The van der Waals surface area contributed by atoms with Crippen LogP contribution < -0.4 is 5.32 Å². The minimum Gasteiger partial charge on any atom is -0.326 e. The highest BCUT2D eigenvalue weighted by atomic mass is 16.2. The third-order valence-corrected chi connectivity index (χ3v) is 4.97. The van der Waals surface area contributed by atoms with Gasteiger partial charge in [-0.05, 0) is 54.5 Å². The second-order valence-electron chi connectivity index (χ2n) is 7.17. The summed E-state index contributed by atoms with van der Waals surface area (Å²) in [6, 6.07) is 20.0. The number of anilines is 1. The molecule has 0 aliphatic carbocycles. The monoisotopic (exact) mass is 411 g/mol. The number of carbonyl (C=O) groups excluding carboxylic acids is 3. The number of nitrogens with one attached hydrogen (secondary N) is 1. The first kappa shape index (κ1) is 20.2. The molecule has 1 aliphatic rings. The molecule has 3 aromatic rings. The third-order valence-electron chi connectivity index (χ3n) is 4.97. The van der Waals surface area contributed by atoms with Gasteiger partial charge in [-0.15, -0.1) is 0 Å². The van der Waals surface area contributed by atoms with Crippen LogP contribution in [0, 0.1) is 0 Å². The van der Waals surface area contributed by atoms with Crippen LogP contribution in [0.15, 0.2) is 72.9 Å². The molecule has 0 bridgehead atoms. The molecule has 0 atom stereocenters. The van der Waals surface area contributed by atoms with Crippen molar-refractivity contribution in [2.45, 2.75) is 12.8 Å². The lowest BCUT2D eigenvalue weighted by atomic mass is 10.1. The molecule has 2 heterocycles. The molecule has 1 aromatic heterocycles. The highest BCUT2D eigenvalue weighted by molar-refractivity contribution is 6.21. The fraction of sp³-hybridized carbons (Fsp3) is 0.120. The van der Waals surface area contributed by atoms with Gasteiger partial charge in [0.25, 0.3) is 11.8 Å². The van der Waals surface area contributed by atoms with Crippen LogP contribution in [-0.2, 0) is 4.79 Å². The van der Waals surface area contributed by atoms with E-state index in [0.29, 0.717) is 23.2 Å². The number of aromatic nitrogens is 1. The minimum atomic E-state index is -0.298. The van der Waals surface area contributed by atoms with Crippen LogP contribution in [0.2, 0.25) is 0 Å². The zero-order valence-electron chi connectivity index (χ0n) is 16.8. The van der Waals surface area contributed by atoms with E-state index in [1.165, 1.54) is 4.90 Å². The van der Waals surface area contributed by atoms with Gasteiger partial charge in [-0.25, -0.2) is 0 Å². The average Bonchev–Trinajstić information content (AvgIpc) is 3.04. The fourth-order valence-corrected chi connectivity index (χ4v) is 3.44. The molecule has 0 spiro atoms. The summed E-state index contributed by atoms with van der Waals surface area (Å²) in [7, 11) is 0. The summed E-state index contributed by atoms with van der Waals surface area (Å²) in [6.07, 6.45) is 6.18. The predicted molar refractivity (Wildman–Crippen MR) is 119 cm³/mol. The molecule has 0 unspecified atom stereocenters. The quantitative estimate of drug-likeness (QED) is 0.589. The van der Waals surface area contributed by atoms with Crippen molar-refractivity contribution in [2.24, 2.45) is 0 Å². The lowest BCUT2D eigenvalue weighted by molar-refractivity contribution is -0.116. The number of amides is 3. The van der Waals surface area contributed by atoms with Gasteiger partial charge < -0.3 is 5.32 Å². The Labute approximate surface area is 180 Å². The van der Waals surface area contributed by atoms with Gasteiger partial charge in [0.05, 0.1) is 16.8 Å². The summed E-state index contributed by atoms with van der Waals surface area (Å²) >= 11 is 0. The van der Waals surface area contributed by atoms with Crippen molar-refractivity contribution < 1.29 is 14.4 Å². The summed E-state index contributed by atoms with van der Waals surface area (Å²) in [5, 5.41) is 2.87. The smallest absolute Gasteiger partial charge is 0.261 e. The molecule has 0 radical (unpaired) electrons. The summed E-state index contributed by atoms with van der Waals surface area (Å²) in [5.41, 5.74) is 3.33. The first-order valence-electron chi connectivity index (χ1n) is 10.1. The van der Waals surface area contributed by atoms with Crippen LogP contribution >= 0.6 is 0 Å². The molecule has 3 amide bonds. The number of fused-ring (bicyclic) bond motifs is 1. The summed E-state index contributed by atoms with van der Waals surface area (Å²) in [4.78, 5) is 42.5. The summed E-state index contributed by atoms with van der Waals surface area (Å²) < 4.78 is 0. The van der Waals surface area contributed by atoms with E-state index in [4.69, 9.17) is 0 Å². The van der Waals surface area contributed by atoms with Crippen LogP contribution in [0.5, 0.6) is 0 Å². The van der Waals surface area contributed by atoms with Crippen LogP contribution in [0.25, 0.3) is 12.2 Å². The van der Waals surface area contributed by atoms with Crippen LogP contribution in [-0.4, -0.2) is 34.2 Å². The van der Waals surface area contributed by atoms with Gasteiger partial charge in [-0.2, -0.15) is 0 Å². The molecule has 6 heteroatoms. The number of imide groups is 1. The van der Waals surface area contributed by atoms with Gasteiger partial charge in [0.1, 0.15) is 0 Å². The van der Waals surface area contributed by atoms with Gasteiger partial charge in [-0.1, -0.05) is 36.4 Å². The maximum absolute atomic E-state index is 12.4. The maximum atomic E-state index is 12.4. The molecule has 0 fully saturated rings. The number of hydrogen-bond acceptors (Lipinski definition) is 4. The van der Waals surface area contributed by atoms with Gasteiger partial charge >= 0.3 is 0 Å². The first-order chi connectivity index (χ1) is 15.1. The standard InChI is InChI=1S/C25H21N3O3/c29-23(12-6-16-28-24(30)21-10-1-2-11-22(21)25(28)31)27-20-9-5-7-18(17-20)13-14-19-8-3-4-15-26-19/h1-5,7-11,13-15,17H,6,12,16H2,(H,27,29). The lowest BCUT2D eigenvalue weighted by Crippen LogP contribution is -2.31. The largest absolute Gasteiger partial charge is 0.326 e. The van der Waals surface area contributed by atoms with E-state index in [1.807, 2.05) is 54.6 Å². The van der Waals surface area contributed by atoms with E-state index < -0.39 is 0 Å². The Hall–Kier alpha value is -4.06. The van der Waals surface area contributed by atoms with Crippen molar-refractivity contribution in [3.05, 3.63) is 95.3 Å². The number of pyridine rings is 1. The molecule has 1 aliphatic heterocycles. The van der Waals surface area contributed by atoms with Crippen LogP contribution in [0.3, 0.4) is 0 Å². The molecular formula is C25H21N3O3. The molecule has 31 heavy (non-hydrogen) atoms. The number of carbonyl (C=O) groups is 3. The van der Waals surface area contributed by atoms with E-state index >= 15 is 0 Å². The average molecular weight is 411 g/mol. The Kier molecular flexibility index (Phi) is 5.98.